The van der Waals surface area contributed by atoms with E-state index in [1.54, 1.807) is 24.2 Å². The number of benzene rings is 1. The predicted octanol–water partition coefficient (Wildman–Crippen LogP) is 0.589. The fraction of sp³-hybridized carbons (Fsp3) is 0.333. The van der Waals surface area contributed by atoms with Crippen LogP contribution < -0.4 is 10.6 Å². The largest absolute Gasteiger partial charge is 0.378 e. The highest BCUT2D eigenvalue weighted by Gasteiger charge is 2.28. The first-order valence-electron chi connectivity index (χ1n) is 6.92. The number of aromatic nitrogens is 2. The second-order valence-electron chi connectivity index (χ2n) is 5.02. The number of nitrogens with one attached hydrogen (secondary N) is 2. The number of carbonyl (C=O) groups is 1. The van der Waals surface area contributed by atoms with Crippen LogP contribution in [-0.2, 0) is 4.74 Å². The van der Waals surface area contributed by atoms with Gasteiger partial charge in [0.25, 0.3) is 5.91 Å². The fourth-order valence-electron chi connectivity index (χ4n) is 2.46. The van der Waals surface area contributed by atoms with E-state index in [-0.39, 0.29) is 18.1 Å². The van der Waals surface area contributed by atoms with Crippen LogP contribution in [0, 0.1) is 0 Å². The standard InChI is InChI=1S/C15H18N4O2/c1-21-14-9-16-8-13(14)18-15(20)11-7-17-19(10-11)12-5-3-2-4-6-12/h2-7,10,13-14,16H,8-9H2,1H3,(H,18,20)/t13?,14-/m0/s1. The highest BCUT2D eigenvalue weighted by molar-refractivity contribution is 5.94. The van der Waals surface area contributed by atoms with Gasteiger partial charge in [-0.15, -0.1) is 0 Å². The second-order valence-corrected chi connectivity index (χ2v) is 5.02. The number of hydrogen-bond donors (Lipinski definition) is 2. The lowest BCUT2D eigenvalue weighted by molar-refractivity contribution is 0.0780. The van der Waals surface area contributed by atoms with Crippen LogP contribution >= 0.6 is 0 Å². The summed E-state index contributed by atoms with van der Waals surface area (Å²) < 4.78 is 7.03. The molecule has 2 heterocycles. The van der Waals surface area contributed by atoms with Crippen LogP contribution in [0.25, 0.3) is 5.69 Å². The maximum absolute atomic E-state index is 12.3. The molecule has 6 heteroatoms. The highest BCUT2D eigenvalue weighted by Crippen LogP contribution is 2.09. The van der Waals surface area contributed by atoms with Gasteiger partial charge in [-0.2, -0.15) is 5.10 Å². The van der Waals surface area contributed by atoms with Crippen LogP contribution in [0.2, 0.25) is 0 Å². The van der Waals surface area contributed by atoms with Gasteiger partial charge in [0.15, 0.2) is 0 Å². The van der Waals surface area contributed by atoms with Gasteiger partial charge in [-0.25, -0.2) is 4.68 Å². The number of nitrogens with zero attached hydrogens (tertiary/aromatic N) is 2. The Labute approximate surface area is 123 Å². The third kappa shape index (κ3) is 2.96. The monoisotopic (exact) mass is 286 g/mol. The third-order valence-corrected chi connectivity index (χ3v) is 3.64. The Morgan fingerprint density at radius 3 is 2.95 bits per heavy atom. The van der Waals surface area contributed by atoms with Gasteiger partial charge in [-0.05, 0) is 12.1 Å². The molecule has 3 rings (SSSR count). The molecule has 1 fully saturated rings. The van der Waals surface area contributed by atoms with Gasteiger partial charge in [0.1, 0.15) is 0 Å². The lowest BCUT2D eigenvalue weighted by Crippen LogP contribution is -2.43. The molecule has 2 aromatic rings. The number of amides is 1. The van der Waals surface area contributed by atoms with Gasteiger partial charge in [0.2, 0.25) is 0 Å². The maximum Gasteiger partial charge on any atom is 0.254 e. The molecule has 21 heavy (non-hydrogen) atoms. The SMILES string of the molecule is CO[C@H]1CNCC1NC(=O)c1cnn(-c2ccccc2)c1. The number of para-hydroxylation sites is 1. The summed E-state index contributed by atoms with van der Waals surface area (Å²) in [5.41, 5.74) is 1.47. The Morgan fingerprint density at radius 1 is 1.38 bits per heavy atom. The zero-order valence-corrected chi connectivity index (χ0v) is 11.8. The van der Waals surface area contributed by atoms with Gasteiger partial charge < -0.3 is 15.4 Å². The van der Waals surface area contributed by atoms with Gasteiger partial charge in [-0.3, -0.25) is 4.79 Å². The van der Waals surface area contributed by atoms with E-state index in [0.717, 1.165) is 18.8 Å². The molecule has 0 saturated carbocycles. The molecule has 1 unspecified atom stereocenters. The topological polar surface area (TPSA) is 68.2 Å². The normalized spacial score (nSPS) is 21.4. The molecular weight excluding hydrogens is 268 g/mol. The minimum Gasteiger partial charge on any atom is -0.378 e. The Bertz CT molecular complexity index is 611. The molecule has 1 aromatic carbocycles. The smallest absolute Gasteiger partial charge is 0.254 e. The maximum atomic E-state index is 12.3. The number of ether oxygens (including phenoxy) is 1. The highest BCUT2D eigenvalue weighted by atomic mass is 16.5. The summed E-state index contributed by atoms with van der Waals surface area (Å²) in [5, 5.41) is 10.4. The molecule has 1 aliphatic heterocycles. The number of methoxy groups -OCH3 is 1. The predicted molar refractivity (Wildman–Crippen MR) is 78.5 cm³/mol. The Hall–Kier alpha value is -2.18. The van der Waals surface area contributed by atoms with Gasteiger partial charge in [0, 0.05) is 26.4 Å². The summed E-state index contributed by atoms with van der Waals surface area (Å²) in [5.74, 6) is -0.132. The molecule has 1 aromatic heterocycles. The van der Waals surface area contributed by atoms with E-state index in [1.165, 1.54) is 0 Å². The Balaban J connectivity index is 1.70. The van der Waals surface area contributed by atoms with Gasteiger partial charge in [0.05, 0.1) is 29.6 Å². The second kappa shape index (κ2) is 6.07. The zero-order chi connectivity index (χ0) is 14.7. The molecule has 6 nitrogen and oxygen atoms in total. The Kier molecular flexibility index (Phi) is 3.98. The van der Waals surface area contributed by atoms with Crippen molar-refractivity contribution in [1.29, 1.82) is 0 Å². The van der Waals surface area contributed by atoms with Crippen LogP contribution in [-0.4, -0.2) is 48.0 Å². The number of carbonyl (C=O) groups excluding carboxylic acids is 1. The van der Waals surface area contributed by atoms with E-state index in [4.69, 9.17) is 4.74 Å². The fourth-order valence-corrected chi connectivity index (χ4v) is 2.46. The van der Waals surface area contributed by atoms with Gasteiger partial charge in [-0.1, -0.05) is 18.2 Å². The molecule has 110 valence electrons. The lowest BCUT2D eigenvalue weighted by atomic mass is 10.2. The molecule has 0 radical (unpaired) electrons. The summed E-state index contributed by atoms with van der Waals surface area (Å²) in [6.07, 6.45) is 3.32. The average Bonchev–Trinajstić information content (AvgIpc) is 3.17. The van der Waals surface area contributed by atoms with Crippen molar-refractivity contribution in [3.8, 4) is 5.69 Å². The molecule has 0 bridgehead atoms. The molecule has 0 aliphatic carbocycles. The van der Waals surface area contributed by atoms with Crippen LogP contribution in [0.4, 0.5) is 0 Å². The first-order valence-corrected chi connectivity index (χ1v) is 6.92. The molecule has 1 amide bonds. The molecule has 2 atom stereocenters. The van der Waals surface area contributed by atoms with Crippen molar-refractivity contribution in [2.45, 2.75) is 12.1 Å². The summed E-state index contributed by atoms with van der Waals surface area (Å²) >= 11 is 0. The molecule has 1 saturated heterocycles. The summed E-state index contributed by atoms with van der Waals surface area (Å²) in [4.78, 5) is 12.3. The van der Waals surface area contributed by atoms with E-state index in [0.29, 0.717) is 5.56 Å². The van der Waals surface area contributed by atoms with Crippen molar-refractivity contribution in [3.05, 3.63) is 48.3 Å². The first kappa shape index (κ1) is 13.8. The third-order valence-electron chi connectivity index (χ3n) is 3.64. The van der Waals surface area contributed by atoms with E-state index >= 15 is 0 Å². The van der Waals surface area contributed by atoms with Crippen LogP contribution in [0.15, 0.2) is 42.7 Å². The summed E-state index contributed by atoms with van der Waals surface area (Å²) in [6, 6.07) is 9.68. The number of rotatable bonds is 4. The van der Waals surface area contributed by atoms with Crippen LogP contribution in [0.1, 0.15) is 10.4 Å². The minimum absolute atomic E-state index is 0.0115. The van der Waals surface area contributed by atoms with Crippen LogP contribution in [0.5, 0.6) is 0 Å². The van der Waals surface area contributed by atoms with Crippen molar-refractivity contribution >= 4 is 5.91 Å². The average molecular weight is 286 g/mol. The lowest BCUT2D eigenvalue weighted by Gasteiger charge is -2.17. The molecule has 0 spiro atoms. The van der Waals surface area contributed by atoms with E-state index in [2.05, 4.69) is 15.7 Å². The molecule has 1 aliphatic rings. The summed E-state index contributed by atoms with van der Waals surface area (Å²) in [7, 11) is 1.66. The molecule has 2 N–H and O–H groups in total. The van der Waals surface area contributed by atoms with Crippen molar-refractivity contribution < 1.29 is 9.53 Å². The minimum atomic E-state index is -0.132. The van der Waals surface area contributed by atoms with Gasteiger partial charge >= 0.3 is 0 Å². The Morgan fingerprint density at radius 2 is 2.19 bits per heavy atom. The van der Waals surface area contributed by atoms with E-state index < -0.39 is 0 Å². The first-order chi connectivity index (χ1) is 10.3. The van der Waals surface area contributed by atoms with Crippen molar-refractivity contribution in [3.63, 3.8) is 0 Å². The molecular formula is C15H18N4O2. The van der Waals surface area contributed by atoms with E-state index in [1.807, 2.05) is 30.3 Å². The van der Waals surface area contributed by atoms with E-state index in [9.17, 15) is 4.79 Å². The van der Waals surface area contributed by atoms with Crippen molar-refractivity contribution in [2.24, 2.45) is 0 Å². The van der Waals surface area contributed by atoms with Crippen LogP contribution in [0.3, 0.4) is 0 Å². The van der Waals surface area contributed by atoms with Crippen molar-refractivity contribution in [2.75, 3.05) is 20.2 Å². The zero-order valence-electron chi connectivity index (χ0n) is 11.8. The van der Waals surface area contributed by atoms with Crippen molar-refractivity contribution in [1.82, 2.24) is 20.4 Å². The quantitative estimate of drug-likeness (QED) is 0.863. The summed E-state index contributed by atoms with van der Waals surface area (Å²) in [6.45, 7) is 1.47. The number of hydrogen-bond acceptors (Lipinski definition) is 4.